The first-order valence-corrected chi connectivity index (χ1v) is 9.39. The fraction of sp³-hybridized carbons (Fsp3) is 1.00. The van der Waals surface area contributed by atoms with Gasteiger partial charge in [-0.2, -0.15) is 0 Å². The zero-order valence-corrected chi connectivity index (χ0v) is 16.0. The van der Waals surface area contributed by atoms with Crippen LogP contribution in [0.5, 0.6) is 0 Å². The molecule has 2 aliphatic heterocycles. The first-order chi connectivity index (χ1) is 10.2. The van der Waals surface area contributed by atoms with Crippen LogP contribution in [0.2, 0.25) is 0 Å². The van der Waals surface area contributed by atoms with E-state index in [0.29, 0.717) is 11.1 Å². The van der Waals surface area contributed by atoms with Crippen LogP contribution in [0.25, 0.3) is 0 Å². The highest BCUT2D eigenvalue weighted by atomic mass is 15.3. The molecular formula is C19H39N3. The minimum absolute atomic E-state index is 0.327. The van der Waals surface area contributed by atoms with Gasteiger partial charge in [0.25, 0.3) is 0 Å². The quantitative estimate of drug-likeness (QED) is 0.775. The number of nitrogens with zero attached hydrogens (tertiary/aromatic N) is 3. The first kappa shape index (κ1) is 18.2. The molecule has 0 radical (unpaired) electrons. The molecule has 130 valence electrons. The number of hydrogen-bond acceptors (Lipinski definition) is 3. The van der Waals surface area contributed by atoms with Crippen molar-refractivity contribution in [3.05, 3.63) is 0 Å². The van der Waals surface area contributed by atoms with Crippen LogP contribution >= 0.6 is 0 Å². The summed E-state index contributed by atoms with van der Waals surface area (Å²) in [6.07, 6.45) is 4.10. The van der Waals surface area contributed by atoms with Crippen molar-refractivity contribution in [3.63, 3.8) is 0 Å². The fourth-order valence-electron chi connectivity index (χ4n) is 3.98. The van der Waals surface area contributed by atoms with E-state index in [2.05, 4.69) is 56.2 Å². The minimum Gasteiger partial charge on any atom is -0.302 e. The summed E-state index contributed by atoms with van der Waals surface area (Å²) in [4.78, 5) is 8.06. The zero-order valence-electron chi connectivity index (χ0n) is 16.0. The normalized spacial score (nSPS) is 25.4. The van der Waals surface area contributed by atoms with Crippen molar-refractivity contribution in [2.24, 2.45) is 5.92 Å². The topological polar surface area (TPSA) is 9.72 Å². The summed E-state index contributed by atoms with van der Waals surface area (Å²) in [5.74, 6) is 0.916. The van der Waals surface area contributed by atoms with Gasteiger partial charge in [0.15, 0.2) is 0 Å². The van der Waals surface area contributed by atoms with Crippen LogP contribution in [0, 0.1) is 5.92 Å². The van der Waals surface area contributed by atoms with E-state index in [9.17, 15) is 0 Å². The molecule has 0 aliphatic carbocycles. The van der Waals surface area contributed by atoms with E-state index in [1.807, 2.05) is 0 Å². The second-order valence-corrected chi connectivity index (χ2v) is 9.41. The molecule has 0 spiro atoms. The smallest absolute Gasteiger partial charge is 0.0125 e. The molecule has 2 fully saturated rings. The van der Waals surface area contributed by atoms with Crippen LogP contribution in [0.15, 0.2) is 0 Å². The van der Waals surface area contributed by atoms with Crippen molar-refractivity contribution in [1.82, 2.24) is 14.7 Å². The van der Waals surface area contributed by atoms with Gasteiger partial charge in [-0.15, -0.1) is 0 Å². The molecule has 0 aromatic rings. The van der Waals surface area contributed by atoms with Gasteiger partial charge in [0.2, 0.25) is 0 Å². The van der Waals surface area contributed by atoms with Gasteiger partial charge in [0.05, 0.1) is 0 Å². The number of likely N-dealkylation sites (tertiary alicyclic amines) is 1. The third-order valence-electron chi connectivity index (χ3n) is 5.62. The Bertz CT molecular complexity index is 332. The predicted molar refractivity (Wildman–Crippen MR) is 96.4 cm³/mol. The molecular weight excluding hydrogens is 270 g/mol. The van der Waals surface area contributed by atoms with Crippen molar-refractivity contribution in [2.75, 3.05) is 45.8 Å². The number of hydrogen-bond donors (Lipinski definition) is 0. The first-order valence-electron chi connectivity index (χ1n) is 9.39. The van der Waals surface area contributed by atoms with Crippen LogP contribution in [0.4, 0.5) is 0 Å². The molecule has 22 heavy (non-hydrogen) atoms. The summed E-state index contributed by atoms with van der Waals surface area (Å²) in [5.41, 5.74) is 0.675. The summed E-state index contributed by atoms with van der Waals surface area (Å²) >= 11 is 0. The van der Waals surface area contributed by atoms with Gasteiger partial charge in [-0.1, -0.05) is 0 Å². The Morgan fingerprint density at radius 1 is 0.682 bits per heavy atom. The van der Waals surface area contributed by atoms with Gasteiger partial charge in [0.1, 0.15) is 0 Å². The zero-order chi connectivity index (χ0) is 16.4. The largest absolute Gasteiger partial charge is 0.302 e. The maximum atomic E-state index is 2.74. The van der Waals surface area contributed by atoms with Gasteiger partial charge < -0.3 is 4.90 Å². The molecule has 3 nitrogen and oxygen atoms in total. The summed E-state index contributed by atoms with van der Waals surface area (Å²) in [6, 6.07) is 0. The molecule has 2 rings (SSSR count). The van der Waals surface area contributed by atoms with E-state index in [1.165, 1.54) is 65.1 Å². The lowest BCUT2D eigenvalue weighted by Crippen LogP contribution is -2.48. The van der Waals surface area contributed by atoms with Crippen LogP contribution < -0.4 is 0 Å². The molecule has 0 atom stereocenters. The molecule has 0 saturated carbocycles. The summed E-state index contributed by atoms with van der Waals surface area (Å²) in [5, 5.41) is 0. The minimum atomic E-state index is 0.327. The Balaban J connectivity index is 1.76. The average Bonchev–Trinajstić information content (AvgIpc) is 2.63. The van der Waals surface area contributed by atoms with Crippen molar-refractivity contribution in [3.8, 4) is 0 Å². The van der Waals surface area contributed by atoms with Gasteiger partial charge in [0, 0.05) is 30.7 Å². The third-order valence-corrected chi connectivity index (χ3v) is 5.62. The second kappa shape index (κ2) is 7.19. The van der Waals surface area contributed by atoms with Gasteiger partial charge >= 0.3 is 0 Å². The molecule has 2 aliphatic rings. The Morgan fingerprint density at radius 2 is 1.23 bits per heavy atom. The Hall–Kier alpha value is -0.120. The Kier molecular flexibility index (Phi) is 5.95. The van der Waals surface area contributed by atoms with Crippen molar-refractivity contribution in [2.45, 2.75) is 71.9 Å². The molecule has 0 aromatic heterocycles. The molecule has 2 saturated heterocycles. The summed E-state index contributed by atoms with van der Waals surface area (Å²) in [6.45, 7) is 23.1. The van der Waals surface area contributed by atoms with E-state index in [-0.39, 0.29) is 0 Å². The van der Waals surface area contributed by atoms with Crippen LogP contribution in [0.1, 0.15) is 60.8 Å². The summed E-state index contributed by atoms with van der Waals surface area (Å²) in [7, 11) is 0. The van der Waals surface area contributed by atoms with Crippen LogP contribution in [0.3, 0.4) is 0 Å². The molecule has 0 amide bonds. The highest BCUT2D eigenvalue weighted by Crippen LogP contribution is 2.25. The maximum Gasteiger partial charge on any atom is 0.0125 e. The SMILES string of the molecule is CC(C)(C)N1CCC(CN2CCCN(C(C)(C)C)CC2)CC1. The van der Waals surface area contributed by atoms with Crippen molar-refractivity contribution in [1.29, 1.82) is 0 Å². The number of rotatable bonds is 2. The second-order valence-electron chi connectivity index (χ2n) is 9.41. The third kappa shape index (κ3) is 5.21. The molecule has 0 unspecified atom stereocenters. The lowest BCUT2D eigenvalue weighted by Gasteiger charge is -2.42. The molecule has 3 heteroatoms. The van der Waals surface area contributed by atoms with E-state index < -0.39 is 0 Å². The van der Waals surface area contributed by atoms with Gasteiger partial charge in [-0.05, 0) is 92.9 Å². The van der Waals surface area contributed by atoms with Crippen LogP contribution in [-0.2, 0) is 0 Å². The van der Waals surface area contributed by atoms with Crippen molar-refractivity contribution < 1.29 is 0 Å². The number of piperidine rings is 1. The van der Waals surface area contributed by atoms with Gasteiger partial charge in [-0.25, -0.2) is 0 Å². The standard InChI is InChI=1S/C19H39N3/c1-18(2,3)21-11-7-10-20(14-15-21)16-17-8-12-22(13-9-17)19(4,5)6/h17H,7-16H2,1-6H3. The summed E-state index contributed by atoms with van der Waals surface area (Å²) < 4.78 is 0. The van der Waals surface area contributed by atoms with Crippen molar-refractivity contribution >= 4 is 0 Å². The Labute approximate surface area is 139 Å². The van der Waals surface area contributed by atoms with E-state index in [4.69, 9.17) is 0 Å². The molecule has 0 bridgehead atoms. The highest BCUT2D eigenvalue weighted by Gasteiger charge is 2.29. The lowest BCUT2D eigenvalue weighted by molar-refractivity contribution is 0.0739. The van der Waals surface area contributed by atoms with E-state index >= 15 is 0 Å². The van der Waals surface area contributed by atoms with Gasteiger partial charge in [-0.3, -0.25) is 9.80 Å². The van der Waals surface area contributed by atoms with E-state index in [0.717, 1.165) is 5.92 Å². The monoisotopic (exact) mass is 309 g/mol. The molecule has 0 N–H and O–H groups in total. The van der Waals surface area contributed by atoms with Crippen LogP contribution in [-0.4, -0.2) is 71.6 Å². The molecule has 0 aromatic carbocycles. The lowest BCUT2D eigenvalue weighted by atomic mass is 9.92. The molecule has 2 heterocycles. The predicted octanol–water partition coefficient (Wildman–Crippen LogP) is 3.30. The Morgan fingerprint density at radius 3 is 1.77 bits per heavy atom. The van der Waals surface area contributed by atoms with E-state index in [1.54, 1.807) is 0 Å². The highest BCUT2D eigenvalue weighted by molar-refractivity contribution is 4.84. The average molecular weight is 310 g/mol. The maximum absolute atomic E-state index is 2.74. The fourth-order valence-corrected chi connectivity index (χ4v) is 3.98.